The Morgan fingerprint density at radius 2 is 1.80 bits per heavy atom. The molecule has 0 amide bonds. The smallest absolute Gasteiger partial charge is 0.214 e. The lowest BCUT2D eigenvalue weighted by Gasteiger charge is -2.37. The molecule has 2 aromatic carbocycles. The molecule has 3 aromatic rings. The number of benzene rings is 2. The fourth-order valence-corrected chi connectivity index (χ4v) is 9.90. The van der Waals surface area contributed by atoms with Crippen LogP contribution < -0.4 is 4.31 Å². The first-order valence-corrected chi connectivity index (χ1v) is 17.2. The number of piperidine rings is 1. The first-order chi connectivity index (χ1) is 19.1. The minimum absolute atomic E-state index is 0.118. The van der Waals surface area contributed by atoms with E-state index < -0.39 is 26.3 Å². The molecule has 2 atom stereocenters. The third kappa shape index (κ3) is 5.77. The van der Waals surface area contributed by atoms with Crippen LogP contribution in [-0.2, 0) is 28.5 Å². The Morgan fingerprint density at radius 1 is 1.10 bits per heavy atom. The topological polar surface area (TPSA) is 73.7 Å². The maximum Gasteiger partial charge on any atom is 0.214 e. The first-order valence-electron chi connectivity index (χ1n) is 14.2. The van der Waals surface area contributed by atoms with Crippen LogP contribution in [0.2, 0.25) is 0 Å². The average Bonchev–Trinajstić information content (AvgIpc) is 3.31. The van der Waals surface area contributed by atoms with E-state index >= 15 is 0 Å². The van der Waals surface area contributed by atoms with Crippen LogP contribution in [0.15, 0.2) is 65.8 Å². The van der Waals surface area contributed by atoms with Gasteiger partial charge in [0.2, 0.25) is 10.0 Å². The van der Waals surface area contributed by atoms with Gasteiger partial charge in [0.05, 0.1) is 17.0 Å². The molecule has 1 fully saturated rings. The molecule has 2 unspecified atom stereocenters. The highest BCUT2D eigenvalue weighted by molar-refractivity contribution is 8.15. The number of aliphatic hydroxyl groups is 1. The van der Waals surface area contributed by atoms with Gasteiger partial charge in [0.15, 0.2) is 0 Å². The summed E-state index contributed by atoms with van der Waals surface area (Å²) in [4.78, 5) is 5.41. The SMILES string of the molecule is C=S(c1c(C)cc(CC)cc1C)N1c2ccccc2CC1CCCS(=O)(=O)N1CCC(O)(c2cccnc2)CC1. The zero-order chi connectivity index (χ0) is 28.5. The van der Waals surface area contributed by atoms with E-state index in [1.165, 1.54) is 32.8 Å². The van der Waals surface area contributed by atoms with E-state index in [4.69, 9.17) is 0 Å². The van der Waals surface area contributed by atoms with Gasteiger partial charge < -0.3 is 9.41 Å². The van der Waals surface area contributed by atoms with Gasteiger partial charge in [-0.3, -0.25) is 4.98 Å². The molecular weight excluding hydrogens is 539 g/mol. The fourth-order valence-electron chi connectivity index (χ4n) is 6.36. The zero-order valence-corrected chi connectivity index (χ0v) is 25.5. The number of hydrogen-bond acceptors (Lipinski definition) is 5. The number of rotatable bonds is 9. The van der Waals surface area contributed by atoms with Crippen LogP contribution in [0, 0.1) is 13.8 Å². The minimum Gasteiger partial charge on any atom is -0.385 e. The van der Waals surface area contributed by atoms with Gasteiger partial charge in [0.25, 0.3) is 0 Å². The molecule has 1 N–H and O–H groups in total. The molecule has 1 aromatic heterocycles. The molecule has 0 aliphatic carbocycles. The molecule has 0 saturated carbocycles. The van der Waals surface area contributed by atoms with E-state index in [0.717, 1.165) is 24.8 Å². The van der Waals surface area contributed by atoms with E-state index in [0.29, 0.717) is 32.4 Å². The number of anilines is 1. The molecule has 5 rings (SSSR count). The second-order valence-corrected chi connectivity index (χ2v) is 14.8. The lowest BCUT2D eigenvalue weighted by atomic mass is 9.86. The standard InChI is InChI=1S/C32H41N3O3S2/c1-5-26-20-24(2)31(25(3)21-26)39(4)35-29(22-27-10-6-7-13-30(27)35)12-9-19-40(37,38)34-17-14-32(36,15-18-34)28-11-8-16-33-23-28/h6-8,10-11,13,16,20-21,23,29,36H,4-5,9,12,14-15,17-19,22H2,1-3H3. The number of para-hydroxylation sites is 1. The molecule has 0 bridgehead atoms. The second-order valence-electron chi connectivity index (χ2n) is 11.2. The Bertz CT molecular complexity index is 1460. The summed E-state index contributed by atoms with van der Waals surface area (Å²) in [7, 11) is -3.81. The van der Waals surface area contributed by atoms with Crippen molar-refractivity contribution < 1.29 is 13.5 Å². The van der Waals surface area contributed by atoms with Crippen LogP contribution in [0.3, 0.4) is 0 Å². The van der Waals surface area contributed by atoms with E-state index in [2.05, 4.69) is 72.3 Å². The quantitative estimate of drug-likeness (QED) is 0.326. The zero-order valence-electron chi connectivity index (χ0n) is 23.8. The molecule has 214 valence electrons. The first kappa shape index (κ1) is 29.0. The normalized spacial score (nSPS) is 19.9. The summed E-state index contributed by atoms with van der Waals surface area (Å²) in [5.41, 5.74) is 6.16. The molecule has 2 aliphatic heterocycles. The molecule has 40 heavy (non-hydrogen) atoms. The van der Waals surface area contributed by atoms with Crippen LogP contribution in [0.1, 0.15) is 60.4 Å². The number of aromatic nitrogens is 1. The number of fused-ring (bicyclic) bond motifs is 1. The summed E-state index contributed by atoms with van der Waals surface area (Å²) in [6, 6.07) is 17.0. The summed E-state index contributed by atoms with van der Waals surface area (Å²) in [5.74, 6) is 4.80. The van der Waals surface area contributed by atoms with Gasteiger partial charge in [-0.1, -0.05) is 59.9 Å². The molecule has 1 saturated heterocycles. The predicted molar refractivity (Wildman–Crippen MR) is 167 cm³/mol. The summed E-state index contributed by atoms with van der Waals surface area (Å²) in [6.07, 6.45) is 7.40. The van der Waals surface area contributed by atoms with Crippen LogP contribution in [0.25, 0.3) is 0 Å². The minimum atomic E-state index is -3.41. The van der Waals surface area contributed by atoms with E-state index in [1.54, 1.807) is 22.8 Å². The highest BCUT2D eigenvalue weighted by Crippen LogP contribution is 2.46. The third-order valence-corrected chi connectivity index (χ3v) is 12.5. The monoisotopic (exact) mass is 579 g/mol. The summed E-state index contributed by atoms with van der Waals surface area (Å²) in [6.45, 7) is 7.20. The third-order valence-electron chi connectivity index (χ3n) is 8.50. The van der Waals surface area contributed by atoms with Crippen molar-refractivity contribution in [1.82, 2.24) is 9.29 Å². The van der Waals surface area contributed by atoms with E-state index in [9.17, 15) is 13.5 Å². The second kappa shape index (κ2) is 11.8. The summed E-state index contributed by atoms with van der Waals surface area (Å²) < 4.78 is 30.7. The van der Waals surface area contributed by atoms with Gasteiger partial charge >= 0.3 is 0 Å². The van der Waals surface area contributed by atoms with E-state index in [1.807, 2.05) is 6.07 Å². The Balaban J connectivity index is 1.27. The van der Waals surface area contributed by atoms with Gasteiger partial charge in [0, 0.05) is 42.0 Å². The maximum absolute atomic E-state index is 13.3. The van der Waals surface area contributed by atoms with Gasteiger partial charge in [-0.15, -0.1) is 0 Å². The Hall–Kier alpha value is -2.52. The van der Waals surface area contributed by atoms with E-state index in [-0.39, 0.29) is 11.8 Å². The molecule has 8 heteroatoms. The summed E-state index contributed by atoms with van der Waals surface area (Å²) >= 11 is 0. The van der Waals surface area contributed by atoms with Gasteiger partial charge in [-0.25, -0.2) is 12.7 Å². The number of sulfonamides is 1. The van der Waals surface area contributed by atoms with Crippen molar-refractivity contribution in [3.63, 3.8) is 0 Å². The number of pyridine rings is 1. The highest BCUT2D eigenvalue weighted by Gasteiger charge is 2.38. The molecule has 3 heterocycles. The van der Waals surface area contributed by atoms with Crippen molar-refractivity contribution in [2.75, 3.05) is 23.1 Å². The lowest BCUT2D eigenvalue weighted by Crippen LogP contribution is -2.46. The predicted octanol–water partition coefficient (Wildman–Crippen LogP) is 5.76. The Labute approximate surface area is 242 Å². The molecular formula is C32H41N3O3S2. The molecule has 2 aliphatic rings. The number of hydrogen-bond donors (Lipinski definition) is 1. The Kier molecular flexibility index (Phi) is 8.53. The average molecular weight is 580 g/mol. The van der Waals surface area contributed by atoms with Gasteiger partial charge in [-0.2, -0.15) is 0 Å². The summed E-state index contributed by atoms with van der Waals surface area (Å²) in [5, 5.41) is 11.1. The van der Waals surface area contributed by atoms with Crippen molar-refractivity contribution in [3.05, 3.63) is 88.7 Å². The highest BCUT2D eigenvalue weighted by atomic mass is 32.2. The van der Waals surface area contributed by atoms with Crippen molar-refractivity contribution in [2.45, 2.75) is 75.8 Å². The van der Waals surface area contributed by atoms with Gasteiger partial charge in [0.1, 0.15) is 0 Å². The largest absolute Gasteiger partial charge is 0.385 e. The van der Waals surface area contributed by atoms with Crippen molar-refractivity contribution >= 4 is 32.3 Å². The molecule has 0 radical (unpaired) electrons. The van der Waals surface area contributed by atoms with Crippen LogP contribution >= 0.6 is 10.7 Å². The molecule has 6 nitrogen and oxygen atoms in total. The maximum atomic E-state index is 13.3. The van der Waals surface area contributed by atoms with Crippen molar-refractivity contribution in [2.24, 2.45) is 0 Å². The van der Waals surface area contributed by atoms with Crippen LogP contribution in [0.4, 0.5) is 5.69 Å². The number of aryl methyl sites for hydroxylation is 3. The van der Waals surface area contributed by atoms with Crippen molar-refractivity contribution in [3.8, 4) is 0 Å². The van der Waals surface area contributed by atoms with Crippen molar-refractivity contribution in [1.29, 1.82) is 0 Å². The molecule has 0 spiro atoms. The van der Waals surface area contributed by atoms with Crippen LogP contribution in [-0.4, -0.2) is 53.6 Å². The van der Waals surface area contributed by atoms with Crippen LogP contribution in [0.5, 0.6) is 0 Å². The van der Waals surface area contributed by atoms with Gasteiger partial charge in [-0.05, 0) is 86.8 Å². The number of nitrogens with zero attached hydrogens (tertiary/aromatic N) is 3. The lowest BCUT2D eigenvalue weighted by molar-refractivity contribution is -0.00988. The fraction of sp³-hybridized carbons (Fsp3) is 0.438. The Morgan fingerprint density at radius 3 is 2.45 bits per heavy atom.